The highest BCUT2D eigenvalue weighted by Crippen LogP contribution is 2.47. The number of carbonyl (C=O) groups excluding carboxylic acids is 1. The summed E-state index contributed by atoms with van der Waals surface area (Å²) in [6.45, 7) is 3.11. The predicted molar refractivity (Wildman–Crippen MR) is 100 cm³/mol. The Labute approximate surface area is 161 Å². The van der Waals surface area contributed by atoms with Crippen LogP contribution in [0.4, 0.5) is 5.82 Å². The van der Waals surface area contributed by atoms with E-state index in [-0.39, 0.29) is 12.0 Å². The summed E-state index contributed by atoms with van der Waals surface area (Å²) in [5.74, 6) is 1.16. The molecule has 4 rings (SSSR count). The number of rotatable bonds is 6. The van der Waals surface area contributed by atoms with Crippen molar-refractivity contribution in [2.24, 2.45) is 5.73 Å². The number of nitrogens with two attached hydrogens (primary N) is 1. The van der Waals surface area contributed by atoms with E-state index in [2.05, 4.69) is 14.9 Å². The summed E-state index contributed by atoms with van der Waals surface area (Å²) in [7, 11) is 1.64. The molecule has 0 aromatic carbocycles. The summed E-state index contributed by atoms with van der Waals surface area (Å²) >= 11 is 1.34. The van der Waals surface area contributed by atoms with Crippen molar-refractivity contribution in [3.63, 3.8) is 0 Å². The van der Waals surface area contributed by atoms with Gasteiger partial charge < -0.3 is 24.8 Å². The summed E-state index contributed by atoms with van der Waals surface area (Å²) < 4.78 is 16.5. The Balaban J connectivity index is 1.44. The van der Waals surface area contributed by atoms with Crippen LogP contribution in [0.5, 0.6) is 10.8 Å². The highest BCUT2D eigenvalue weighted by Gasteiger charge is 2.53. The number of hydrogen-bond acceptors (Lipinski definition) is 8. The lowest BCUT2D eigenvalue weighted by atomic mass is 9.66. The normalized spacial score (nSPS) is 25.1. The lowest BCUT2D eigenvalue weighted by molar-refractivity contribution is -0.133. The highest BCUT2D eigenvalue weighted by molar-refractivity contribution is 7.13. The fraction of sp³-hybridized carbons (Fsp3) is 0.500. The van der Waals surface area contributed by atoms with Gasteiger partial charge in [0.25, 0.3) is 0 Å². The second-order valence-electron chi connectivity index (χ2n) is 6.75. The fourth-order valence-corrected chi connectivity index (χ4v) is 4.42. The highest BCUT2D eigenvalue weighted by atomic mass is 32.1. The molecule has 1 aliphatic heterocycles. The van der Waals surface area contributed by atoms with E-state index >= 15 is 0 Å². The van der Waals surface area contributed by atoms with E-state index in [9.17, 15) is 4.79 Å². The van der Waals surface area contributed by atoms with Gasteiger partial charge in [-0.3, -0.25) is 4.79 Å². The van der Waals surface area contributed by atoms with E-state index in [0.717, 1.165) is 32.1 Å². The Hall–Kier alpha value is -2.23. The summed E-state index contributed by atoms with van der Waals surface area (Å²) in [6.07, 6.45) is 4.48. The molecule has 2 aromatic rings. The molecule has 0 bridgehead atoms. The average molecular weight is 390 g/mol. The first-order valence-electron chi connectivity index (χ1n) is 8.86. The molecule has 1 amide bonds. The van der Waals surface area contributed by atoms with Crippen molar-refractivity contribution in [3.8, 4) is 10.8 Å². The number of carbonyl (C=O) groups is 1. The molecule has 9 heteroatoms. The van der Waals surface area contributed by atoms with Crippen LogP contribution in [0.2, 0.25) is 0 Å². The molecule has 2 aromatic heterocycles. The number of morpholine rings is 1. The summed E-state index contributed by atoms with van der Waals surface area (Å²) in [6, 6.07) is 3.81. The van der Waals surface area contributed by atoms with E-state index in [1.807, 2.05) is 12.1 Å². The number of methoxy groups -OCH3 is 1. The molecular weight excluding hydrogens is 368 g/mol. The van der Waals surface area contributed by atoms with E-state index in [4.69, 9.17) is 19.9 Å². The fourth-order valence-electron chi connectivity index (χ4n) is 3.42. The summed E-state index contributed by atoms with van der Waals surface area (Å²) in [5, 5.41) is 1.28. The van der Waals surface area contributed by atoms with Gasteiger partial charge >= 0.3 is 0 Å². The van der Waals surface area contributed by atoms with Gasteiger partial charge in [-0.15, -0.1) is 0 Å². The lowest BCUT2D eigenvalue weighted by Crippen LogP contribution is -2.54. The topological polar surface area (TPSA) is 99.8 Å². The molecule has 3 heterocycles. The summed E-state index contributed by atoms with van der Waals surface area (Å²) in [5.41, 5.74) is 4.89. The molecule has 0 radical (unpaired) electrons. The Morgan fingerprint density at radius 1 is 1.30 bits per heavy atom. The largest absolute Gasteiger partial charge is 0.443 e. The number of nitrogens with zero attached hydrogens (tertiary/aromatic N) is 3. The Bertz CT molecular complexity index is 798. The second kappa shape index (κ2) is 7.41. The maximum Gasteiger partial charge on any atom is 0.230 e. The zero-order chi connectivity index (χ0) is 18.9. The van der Waals surface area contributed by atoms with Crippen LogP contribution in [-0.4, -0.2) is 55.4 Å². The molecule has 0 unspecified atom stereocenters. The van der Waals surface area contributed by atoms with E-state index in [0.29, 0.717) is 28.7 Å². The van der Waals surface area contributed by atoms with Crippen molar-refractivity contribution in [3.05, 3.63) is 29.5 Å². The number of hydrogen-bond donors (Lipinski definition) is 1. The quantitative estimate of drug-likeness (QED) is 0.801. The summed E-state index contributed by atoms with van der Waals surface area (Å²) in [4.78, 5) is 23.0. The molecule has 0 atom stereocenters. The van der Waals surface area contributed by atoms with Gasteiger partial charge in [-0.05, 0) is 25.0 Å². The molecule has 144 valence electrons. The molecule has 27 heavy (non-hydrogen) atoms. The van der Waals surface area contributed by atoms with Crippen molar-refractivity contribution in [1.29, 1.82) is 0 Å². The molecule has 2 N–H and O–H groups in total. The standard InChI is InChI=1S/C18H22N4O4S/c1-24-13-8-18(9-13,16(19)23)17-21-11-15(27-17)26-12-2-3-14(20-10-12)22-4-6-25-7-5-22/h2-3,10-11,13H,4-9H2,1H3,(H2,19,23). The minimum absolute atomic E-state index is 0.0442. The number of ether oxygens (including phenoxy) is 3. The average Bonchev–Trinajstić information content (AvgIpc) is 3.11. The smallest absolute Gasteiger partial charge is 0.230 e. The third-order valence-electron chi connectivity index (χ3n) is 5.13. The minimum atomic E-state index is -0.745. The van der Waals surface area contributed by atoms with Crippen LogP contribution in [0, 0.1) is 0 Å². The van der Waals surface area contributed by atoms with Crippen molar-refractivity contribution in [2.75, 3.05) is 38.3 Å². The maximum atomic E-state index is 12.0. The van der Waals surface area contributed by atoms with Gasteiger partial charge in [0.1, 0.15) is 22.0 Å². The van der Waals surface area contributed by atoms with Crippen molar-refractivity contribution in [2.45, 2.75) is 24.4 Å². The SMILES string of the molecule is COC1CC(C(N)=O)(c2ncc(Oc3ccc(N4CCOCC4)nc3)s2)C1. The van der Waals surface area contributed by atoms with Crippen molar-refractivity contribution in [1.82, 2.24) is 9.97 Å². The van der Waals surface area contributed by atoms with Gasteiger partial charge in [0, 0.05) is 20.2 Å². The van der Waals surface area contributed by atoms with E-state index in [1.54, 1.807) is 19.5 Å². The molecule has 1 aliphatic carbocycles. The number of pyridine rings is 1. The van der Waals surface area contributed by atoms with Gasteiger partial charge in [0.05, 0.1) is 31.7 Å². The van der Waals surface area contributed by atoms with E-state index < -0.39 is 5.41 Å². The first kappa shape index (κ1) is 18.1. The molecule has 2 aliphatic rings. The molecule has 1 saturated heterocycles. The number of primary amides is 1. The molecule has 1 saturated carbocycles. The number of anilines is 1. The van der Waals surface area contributed by atoms with Gasteiger partial charge in [-0.2, -0.15) is 0 Å². The third kappa shape index (κ3) is 3.50. The van der Waals surface area contributed by atoms with Crippen LogP contribution < -0.4 is 15.4 Å². The molecule has 2 fully saturated rings. The first-order chi connectivity index (χ1) is 13.1. The van der Waals surface area contributed by atoms with Crippen LogP contribution in [0.3, 0.4) is 0 Å². The Kier molecular flexibility index (Phi) is 4.98. The van der Waals surface area contributed by atoms with Gasteiger partial charge in [-0.1, -0.05) is 11.3 Å². The van der Waals surface area contributed by atoms with Gasteiger partial charge in [-0.25, -0.2) is 9.97 Å². The van der Waals surface area contributed by atoms with Crippen molar-refractivity contribution >= 4 is 23.1 Å². The van der Waals surface area contributed by atoms with Crippen LogP contribution in [0.25, 0.3) is 0 Å². The minimum Gasteiger partial charge on any atom is -0.443 e. The third-order valence-corrected chi connectivity index (χ3v) is 6.20. The van der Waals surface area contributed by atoms with E-state index in [1.165, 1.54) is 11.3 Å². The monoisotopic (exact) mass is 390 g/mol. The number of aromatic nitrogens is 2. The zero-order valence-corrected chi connectivity index (χ0v) is 15.9. The zero-order valence-electron chi connectivity index (χ0n) is 15.1. The Morgan fingerprint density at radius 3 is 2.70 bits per heavy atom. The second-order valence-corrected chi connectivity index (χ2v) is 7.74. The van der Waals surface area contributed by atoms with Gasteiger partial charge in [0.15, 0.2) is 0 Å². The number of thiazole rings is 1. The van der Waals surface area contributed by atoms with Crippen LogP contribution in [0.15, 0.2) is 24.5 Å². The van der Waals surface area contributed by atoms with Crippen LogP contribution in [-0.2, 0) is 19.7 Å². The number of amides is 1. The molecule has 0 spiro atoms. The maximum absolute atomic E-state index is 12.0. The van der Waals surface area contributed by atoms with Crippen LogP contribution in [0.1, 0.15) is 17.8 Å². The Morgan fingerprint density at radius 2 is 2.07 bits per heavy atom. The lowest BCUT2D eigenvalue weighted by Gasteiger charge is -2.42. The van der Waals surface area contributed by atoms with Gasteiger partial charge in [0.2, 0.25) is 11.0 Å². The first-order valence-corrected chi connectivity index (χ1v) is 9.68. The van der Waals surface area contributed by atoms with Crippen molar-refractivity contribution < 1.29 is 19.0 Å². The van der Waals surface area contributed by atoms with Crippen LogP contribution >= 0.6 is 11.3 Å². The molecule has 8 nitrogen and oxygen atoms in total. The predicted octanol–water partition coefficient (Wildman–Crippen LogP) is 1.70. The molecular formula is C18H22N4O4S.